The van der Waals surface area contributed by atoms with Gasteiger partial charge in [0.15, 0.2) is 0 Å². The summed E-state index contributed by atoms with van der Waals surface area (Å²) < 4.78 is 30.2. The number of carbonyl (C=O) groups excluding carboxylic acids is 1. The molecule has 146 valence electrons. The van der Waals surface area contributed by atoms with Gasteiger partial charge in [-0.2, -0.15) is 5.26 Å². The molecule has 0 bridgehead atoms. The number of aryl methyl sites for hydroxylation is 1. The molecule has 0 amide bonds. The summed E-state index contributed by atoms with van der Waals surface area (Å²) in [7, 11) is 0. The summed E-state index contributed by atoms with van der Waals surface area (Å²) in [6.45, 7) is 3.11. The van der Waals surface area contributed by atoms with Crippen LogP contribution in [0, 0.1) is 24.1 Å². The van der Waals surface area contributed by atoms with E-state index in [9.17, 15) is 14.4 Å². The number of rotatable bonds is 6. The molecule has 2 aromatic carbocycles. The van der Waals surface area contributed by atoms with Crippen molar-refractivity contribution in [1.29, 1.82) is 5.26 Å². The van der Waals surface area contributed by atoms with Gasteiger partial charge in [0.1, 0.15) is 41.5 Å². The first-order valence-electron chi connectivity index (χ1n) is 8.68. The number of hydrogen-bond donors (Lipinski definition) is 0. The van der Waals surface area contributed by atoms with Crippen molar-refractivity contribution in [2.45, 2.75) is 20.5 Å². The van der Waals surface area contributed by atoms with E-state index in [1.165, 1.54) is 19.2 Å². The molecular formula is C22H17FN2O4. The van der Waals surface area contributed by atoms with Crippen LogP contribution in [0.25, 0.3) is 0 Å². The molecule has 1 heterocycles. The quantitative estimate of drug-likeness (QED) is 0.447. The molecule has 6 nitrogen and oxygen atoms in total. The molecular weight excluding hydrogens is 375 g/mol. The Bertz CT molecular complexity index is 1090. The first kappa shape index (κ1) is 19.8. The van der Waals surface area contributed by atoms with E-state index >= 15 is 0 Å². The average molecular weight is 392 g/mol. The van der Waals surface area contributed by atoms with E-state index in [-0.39, 0.29) is 6.61 Å². The highest BCUT2D eigenvalue weighted by Gasteiger charge is 2.11. The molecule has 0 saturated carbocycles. The highest BCUT2D eigenvalue weighted by Crippen LogP contribution is 2.32. The molecule has 3 rings (SSSR count). The number of benzene rings is 2. The molecule has 0 radical (unpaired) electrons. The largest absolute Gasteiger partial charge is 0.489 e. The highest BCUT2D eigenvalue weighted by molar-refractivity contribution is 5.70. The molecule has 0 aliphatic rings. The number of halogens is 1. The molecule has 0 aliphatic carbocycles. The van der Waals surface area contributed by atoms with Crippen molar-refractivity contribution in [3.63, 3.8) is 0 Å². The number of aromatic nitrogens is 1. The maximum absolute atomic E-state index is 13.7. The minimum absolute atomic E-state index is 0.00981. The lowest BCUT2D eigenvalue weighted by Crippen LogP contribution is -2.02. The van der Waals surface area contributed by atoms with E-state index in [0.29, 0.717) is 39.7 Å². The fourth-order valence-corrected chi connectivity index (χ4v) is 2.53. The van der Waals surface area contributed by atoms with Crippen LogP contribution in [0.2, 0.25) is 0 Å². The van der Waals surface area contributed by atoms with Gasteiger partial charge in [-0.3, -0.25) is 9.78 Å². The topological polar surface area (TPSA) is 81.4 Å². The number of hydrogen-bond acceptors (Lipinski definition) is 6. The van der Waals surface area contributed by atoms with Gasteiger partial charge < -0.3 is 14.2 Å². The zero-order chi connectivity index (χ0) is 20.8. The first-order chi connectivity index (χ1) is 14.0. The monoisotopic (exact) mass is 392 g/mol. The fourth-order valence-electron chi connectivity index (χ4n) is 2.53. The van der Waals surface area contributed by atoms with E-state index in [0.717, 1.165) is 6.20 Å². The number of nitrogens with zero attached hydrogens (tertiary/aromatic N) is 2. The molecule has 0 aliphatic heterocycles. The third kappa shape index (κ3) is 5.08. The Morgan fingerprint density at radius 1 is 1.14 bits per heavy atom. The number of pyridine rings is 1. The average Bonchev–Trinajstić information content (AvgIpc) is 2.69. The van der Waals surface area contributed by atoms with Crippen LogP contribution in [0.1, 0.15) is 23.6 Å². The molecule has 0 unspecified atom stereocenters. The van der Waals surface area contributed by atoms with Crippen molar-refractivity contribution >= 4 is 5.97 Å². The summed E-state index contributed by atoms with van der Waals surface area (Å²) in [6, 6.07) is 13.3. The summed E-state index contributed by atoms with van der Waals surface area (Å²) in [5, 5.41) is 9.34. The maximum atomic E-state index is 13.7. The summed E-state index contributed by atoms with van der Waals surface area (Å²) >= 11 is 0. The van der Waals surface area contributed by atoms with Crippen LogP contribution in [0.3, 0.4) is 0 Å². The Morgan fingerprint density at radius 3 is 2.62 bits per heavy atom. The molecule has 0 atom stereocenters. The third-order valence-electron chi connectivity index (χ3n) is 3.95. The maximum Gasteiger partial charge on any atom is 0.308 e. The van der Waals surface area contributed by atoms with Crippen molar-refractivity contribution in [3.05, 3.63) is 77.4 Å². The number of esters is 1. The zero-order valence-electron chi connectivity index (χ0n) is 15.8. The van der Waals surface area contributed by atoms with Gasteiger partial charge in [0.05, 0.1) is 11.8 Å². The molecule has 0 N–H and O–H groups in total. The molecule has 1 aromatic heterocycles. The van der Waals surface area contributed by atoms with E-state index in [4.69, 9.17) is 14.2 Å². The molecule has 7 heteroatoms. The number of nitriles is 1. The smallest absolute Gasteiger partial charge is 0.308 e. The van der Waals surface area contributed by atoms with E-state index in [1.807, 2.05) is 0 Å². The molecule has 0 fully saturated rings. The Balaban J connectivity index is 1.79. The first-order valence-corrected chi connectivity index (χ1v) is 8.68. The van der Waals surface area contributed by atoms with Crippen LogP contribution in [0.15, 0.2) is 54.9 Å². The summed E-state index contributed by atoms with van der Waals surface area (Å²) in [6.07, 6.45) is 2.60. The van der Waals surface area contributed by atoms with Crippen molar-refractivity contribution in [1.82, 2.24) is 4.98 Å². The summed E-state index contributed by atoms with van der Waals surface area (Å²) in [4.78, 5) is 14.8. The second kappa shape index (κ2) is 8.85. The van der Waals surface area contributed by atoms with E-state index in [2.05, 4.69) is 11.1 Å². The zero-order valence-corrected chi connectivity index (χ0v) is 15.8. The van der Waals surface area contributed by atoms with Crippen LogP contribution in [-0.2, 0) is 11.4 Å². The van der Waals surface area contributed by atoms with Gasteiger partial charge in [-0.1, -0.05) is 0 Å². The SMILES string of the molecule is CC(=O)Oc1ccc(Oc2cc(OCc3ccncc3F)ccc2C#N)cc1C. The highest BCUT2D eigenvalue weighted by atomic mass is 19.1. The van der Waals surface area contributed by atoms with Crippen LogP contribution in [0.4, 0.5) is 4.39 Å². The molecule has 0 saturated heterocycles. The van der Waals surface area contributed by atoms with Gasteiger partial charge in [-0.15, -0.1) is 0 Å². The minimum Gasteiger partial charge on any atom is -0.489 e. The van der Waals surface area contributed by atoms with Crippen molar-refractivity contribution in [3.8, 4) is 29.1 Å². The van der Waals surface area contributed by atoms with Gasteiger partial charge in [0.25, 0.3) is 0 Å². The van der Waals surface area contributed by atoms with Gasteiger partial charge in [-0.05, 0) is 48.9 Å². The van der Waals surface area contributed by atoms with Crippen LogP contribution >= 0.6 is 0 Å². The third-order valence-corrected chi connectivity index (χ3v) is 3.95. The van der Waals surface area contributed by atoms with Gasteiger partial charge in [-0.25, -0.2) is 4.39 Å². The lowest BCUT2D eigenvalue weighted by Gasteiger charge is -2.12. The van der Waals surface area contributed by atoms with Crippen molar-refractivity contribution < 1.29 is 23.4 Å². The molecule has 29 heavy (non-hydrogen) atoms. The number of carbonyl (C=O) groups is 1. The standard InChI is InChI=1S/C22H17FN2O4/c1-14-9-19(5-6-21(14)28-15(2)26)29-22-10-18(4-3-16(22)11-24)27-13-17-7-8-25-12-20(17)23/h3-10,12H,13H2,1-2H3. The normalized spacial score (nSPS) is 10.1. The Morgan fingerprint density at radius 2 is 1.93 bits per heavy atom. The predicted molar refractivity (Wildman–Crippen MR) is 102 cm³/mol. The van der Waals surface area contributed by atoms with E-state index in [1.54, 1.807) is 43.3 Å². The Kier molecular flexibility index (Phi) is 6.05. The van der Waals surface area contributed by atoms with Crippen LogP contribution < -0.4 is 14.2 Å². The van der Waals surface area contributed by atoms with Crippen LogP contribution in [-0.4, -0.2) is 11.0 Å². The van der Waals surface area contributed by atoms with Gasteiger partial charge in [0.2, 0.25) is 0 Å². The summed E-state index contributed by atoms with van der Waals surface area (Å²) in [5.41, 5.74) is 1.38. The molecule has 0 spiro atoms. The van der Waals surface area contributed by atoms with Gasteiger partial charge in [0, 0.05) is 24.8 Å². The lowest BCUT2D eigenvalue weighted by atomic mass is 10.2. The Hall–Kier alpha value is -3.92. The van der Waals surface area contributed by atoms with Crippen LogP contribution in [0.5, 0.6) is 23.0 Å². The Labute approximate surface area is 167 Å². The second-order valence-corrected chi connectivity index (χ2v) is 6.15. The second-order valence-electron chi connectivity index (χ2n) is 6.15. The lowest BCUT2D eigenvalue weighted by molar-refractivity contribution is -0.131. The molecule has 3 aromatic rings. The van der Waals surface area contributed by atoms with E-state index < -0.39 is 11.8 Å². The number of ether oxygens (including phenoxy) is 3. The predicted octanol–water partition coefficient (Wildman–Crippen LogP) is 4.70. The van der Waals surface area contributed by atoms with Crippen molar-refractivity contribution in [2.75, 3.05) is 0 Å². The summed E-state index contributed by atoms with van der Waals surface area (Å²) in [5.74, 6) is 0.738. The minimum atomic E-state index is -0.457. The fraction of sp³-hybridized carbons (Fsp3) is 0.136. The van der Waals surface area contributed by atoms with Crippen molar-refractivity contribution in [2.24, 2.45) is 0 Å². The van der Waals surface area contributed by atoms with Gasteiger partial charge >= 0.3 is 5.97 Å².